The Kier molecular flexibility index (Phi) is 8.12. The third kappa shape index (κ3) is 6.49. The predicted octanol–water partition coefficient (Wildman–Crippen LogP) is 4.94. The second-order valence-corrected chi connectivity index (χ2v) is 7.92. The molecular weight excluding hydrogens is 296 g/mol. The molecule has 0 unspecified atom stereocenters. The van der Waals surface area contributed by atoms with Crippen LogP contribution in [0, 0.1) is 18.8 Å². The summed E-state index contributed by atoms with van der Waals surface area (Å²) in [6.45, 7) is 8.75. The molecule has 1 aromatic rings. The van der Waals surface area contributed by atoms with Crippen LogP contribution in [0.25, 0.3) is 0 Å². The molecule has 0 fully saturated rings. The van der Waals surface area contributed by atoms with Crippen LogP contribution in [0.2, 0.25) is 0 Å². The molecule has 0 amide bonds. The summed E-state index contributed by atoms with van der Waals surface area (Å²) < 4.78 is 29.7. The molecular formula is C18H30O3S. The van der Waals surface area contributed by atoms with E-state index in [2.05, 4.69) is 20.8 Å². The van der Waals surface area contributed by atoms with Crippen LogP contribution in [0.5, 0.6) is 0 Å². The van der Waals surface area contributed by atoms with E-state index in [4.69, 9.17) is 4.18 Å². The van der Waals surface area contributed by atoms with Crippen molar-refractivity contribution in [3.63, 3.8) is 0 Å². The number of rotatable bonds is 10. The summed E-state index contributed by atoms with van der Waals surface area (Å²) in [6.07, 6.45) is 5.62. The van der Waals surface area contributed by atoms with Gasteiger partial charge in [0, 0.05) is 0 Å². The Morgan fingerprint density at radius 2 is 1.77 bits per heavy atom. The second kappa shape index (κ2) is 9.31. The summed E-state index contributed by atoms with van der Waals surface area (Å²) in [5.74, 6) is 0.919. The molecule has 0 saturated carbocycles. The fraction of sp³-hybridized carbons (Fsp3) is 0.667. The third-order valence-corrected chi connectivity index (χ3v) is 5.43. The van der Waals surface area contributed by atoms with Gasteiger partial charge in [0.15, 0.2) is 0 Å². The Morgan fingerprint density at radius 1 is 1.14 bits per heavy atom. The molecule has 2 atom stereocenters. The van der Waals surface area contributed by atoms with Crippen LogP contribution >= 0.6 is 0 Å². The second-order valence-electron chi connectivity index (χ2n) is 6.31. The van der Waals surface area contributed by atoms with Crippen LogP contribution in [0.15, 0.2) is 29.2 Å². The lowest BCUT2D eigenvalue weighted by Crippen LogP contribution is -2.16. The van der Waals surface area contributed by atoms with Crippen molar-refractivity contribution in [2.75, 3.05) is 6.61 Å². The summed E-state index contributed by atoms with van der Waals surface area (Å²) in [4.78, 5) is 0.243. The van der Waals surface area contributed by atoms with Gasteiger partial charge < -0.3 is 0 Å². The highest BCUT2D eigenvalue weighted by molar-refractivity contribution is 7.86. The van der Waals surface area contributed by atoms with Crippen molar-refractivity contribution >= 4 is 10.1 Å². The lowest BCUT2D eigenvalue weighted by molar-refractivity contribution is 0.220. The molecule has 0 aliphatic heterocycles. The third-order valence-electron chi connectivity index (χ3n) is 4.13. The number of benzene rings is 1. The Hall–Kier alpha value is -0.870. The SMILES string of the molecule is CCCC[C@@H](C)C[C@@H](CC)COS(=O)(=O)c1ccc(C)cc1. The molecule has 126 valence electrons. The first-order valence-electron chi connectivity index (χ1n) is 8.35. The van der Waals surface area contributed by atoms with Gasteiger partial charge in [-0.15, -0.1) is 0 Å². The minimum atomic E-state index is -3.63. The van der Waals surface area contributed by atoms with Gasteiger partial charge in [-0.25, -0.2) is 0 Å². The van der Waals surface area contributed by atoms with Crippen LogP contribution in [0.4, 0.5) is 0 Å². The van der Waals surface area contributed by atoms with E-state index in [0.29, 0.717) is 11.8 Å². The van der Waals surface area contributed by atoms with Crippen LogP contribution in [0.3, 0.4) is 0 Å². The number of hydrogen-bond acceptors (Lipinski definition) is 3. The van der Waals surface area contributed by atoms with Crippen molar-refractivity contribution in [3.05, 3.63) is 29.8 Å². The highest BCUT2D eigenvalue weighted by atomic mass is 32.2. The van der Waals surface area contributed by atoms with Gasteiger partial charge in [-0.1, -0.05) is 64.2 Å². The normalized spacial score (nSPS) is 14.7. The monoisotopic (exact) mass is 326 g/mol. The molecule has 0 N–H and O–H groups in total. The molecule has 3 nitrogen and oxygen atoms in total. The van der Waals surface area contributed by atoms with Gasteiger partial charge in [0.05, 0.1) is 11.5 Å². The first-order chi connectivity index (χ1) is 10.4. The van der Waals surface area contributed by atoms with Crippen LogP contribution < -0.4 is 0 Å². The van der Waals surface area contributed by atoms with Gasteiger partial charge in [0.2, 0.25) is 0 Å². The van der Waals surface area contributed by atoms with Gasteiger partial charge in [0.1, 0.15) is 0 Å². The minimum absolute atomic E-state index is 0.243. The zero-order valence-electron chi connectivity index (χ0n) is 14.3. The lowest BCUT2D eigenvalue weighted by Gasteiger charge is -2.19. The molecule has 0 aromatic heterocycles. The van der Waals surface area contributed by atoms with Crippen molar-refractivity contribution in [2.24, 2.45) is 11.8 Å². The average Bonchev–Trinajstić information content (AvgIpc) is 2.49. The van der Waals surface area contributed by atoms with E-state index in [1.165, 1.54) is 19.3 Å². The van der Waals surface area contributed by atoms with E-state index in [1.54, 1.807) is 24.3 Å². The fourth-order valence-corrected chi connectivity index (χ4v) is 3.53. The Morgan fingerprint density at radius 3 is 2.32 bits per heavy atom. The summed E-state index contributed by atoms with van der Waals surface area (Å²) in [6, 6.07) is 6.80. The van der Waals surface area contributed by atoms with Crippen LogP contribution in [0.1, 0.15) is 58.4 Å². The maximum absolute atomic E-state index is 12.2. The minimum Gasteiger partial charge on any atom is -0.266 e. The maximum Gasteiger partial charge on any atom is 0.296 e. The van der Waals surface area contributed by atoms with Crippen LogP contribution in [-0.2, 0) is 14.3 Å². The van der Waals surface area contributed by atoms with Crippen molar-refractivity contribution < 1.29 is 12.6 Å². The molecule has 0 spiro atoms. The molecule has 0 radical (unpaired) electrons. The van der Waals surface area contributed by atoms with Gasteiger partial charge in [-0.05, 0) is 37.3 Å². The summed E-state index contributed by atoms with van der Waals surface area (Å²) >= 11 is 0. The lowest BCUT2D eigenvalue weighted by atomic mass is 9.91. The van der Waals surface area contributed by atoms with Crippen molar-refractivity contribution in [1.29, 1.82) is 0 Å². The van der Waals surface area contributed by atoms with Crippen LogP contribution in [-0.4, -0.2) is 15.0 Å². The molecule has 22 heavy (non-hydrogen) atoms. The first-order valence-corrected chi connectivity index (χ1v) is 9.76. The van der Waals surface area contributed by atoms with E-state index in [0.717, 1.165) is 18.4 Å². The molecule has 0 heterocycles. The summed E-state index contributed by atoms with van der Waals surface area (Å²) in [5, 5.41) is 0. The number of unbranched alkanes of at least 4 members (excludes halogenated alkanes) is 1. The first kappa shape index (κ1) is 19.2. The topological polar surface area (TPSA) is 43.4 Å². The molecule has 0 aliphatic rings. The largest absolute Gasteiger partial charge is 0.296 e. The van der Waals surface area contributed by atoms with Gasteiger partial charge >= 0.3 is 0 Å². The van der Waals surface area contributed by atoms with E-state index in [1.807, 2.05) is 6.92 Å². The van der Waals surface area contributed by atoms with E-state index in [9.17, 15) is 8.42 Å². The molecule has 4 heteroatoms. The standard InChI is InChI=1S/C18H30O3S/c1-5-7-8-16(4)13-17(6-2)14-21-22(19,20)18-11-9-15(3)10-12-18/h9-12,16-17H,5-8,13-14H2,1-4H3/t16-,17-/m1/s1. The molecule has 1 rings (SSSR count). The highest BCUT2D eigenvalue weighted by Gasteiger charge is 2.19. The van der Waals surface area contributed by atoms with E-state index < -0.39 is 10.1 Å². The van der Waals surface area contributed by atoms with Gasteiger partial charge in [-0.3, -0.25) is 4.18 Å². The highest BCUT2D eigenvalue weighted by Crippen LogP contribution is 2.22. The van der Waals surface area contributed by atoms with Gasteiger partial charge in [-0.2, -0.15) is 8.42 Å². The molecule has 1 aromatic carbocycles. The predicted molar refractivity (Wildman–Crippen MR) is 91.4 cm³/mol. The van der Waals surface area contributed by atoms with Gasteiger partial charge in [0.25, 0.3) is 10.1 Å². The Balaban J connectivity index is 2.56. The molecule has 0 aliphatic carbocycles. The number of hydrogen-bond donors (Lipinski definition) is 0. The smallest absolute Gasteiger partial charge is 0.266 e. The van der Waals surface area contributed by atoms with Crippen molar-refractivity contribution in [2.45, 2.75) is 64.7 Å². The Labute approximate surface area is 136 Å². The Bertz CT molecular complexity index is 520. The van der Waals surface area contributed by atoms with Crippen molar-refractivity contribution in [1.82, 2.24) is 0 Å². The fourth-order valence-electron chi connectivity index (χ4n) is 2.55. The molecule has 0 bridgehead atoms. The summed E-state index contributed by atoms with van der Waals surface area (Å²) in [5.41, 5.74) is 1.04. The van der Waals surface area contributed by atoms with E-state index in [-0.39, 0.29) is 11.5 Å². The zero-order valence-corrected chi connectivity index (χ0v) is 15.2. The van der Waals surface area contributed by atoms with Crippen molar-refractivity contribution in [3.8, 4) is 0 Å². The van der Waals surface area contributed by atoms with E-state index >= 15 is 0 Å². The summed E-state index contributed by atoms with van der Waals surface area (Å²) in [7, 11) is -3.63. The maximum atomic E-state index is 12.2. The number of aryl methyl sites for hydroxylation is 1. The molecule has 0 saturated heterocycles. The quantitative estimate of drug-likeness (QED) is 0.572. The zero-order chi connectivity index (χ0) is 16.6. The average molecular weight is 327 g/mol.